The summed E-state index contributed by atoms with van der Waals surface area (Å²) >= 11 is 0. The van der Waals surface area contributed by atoms with Gasteiger partial charge in [0.2, 0.25) is 10.0 Å². The van der Waals surface area contributed by atoms with Gasteiger partial charge in [-0.1, -0.05) is 0 Å². The zero-order valence-corrected chi connectivity index (χ0v) is 10.4. The number of hydrogen-bond acceptors (Lipinski definition) is 5. The van der Waals surface area contributed by atoms with Gasteiger partial charge in [-0.05, 0) is 12.1 Å². The molecule has 1 saturated heterocycles. The molecule has 0 N–H and O–H groups in total. The van der Waals surface area contributed by atoms with Crippen molar-refractivity contribution in [3.8, 4) is 0 Å². The molecule has 96 valence electrons. The maximum atomic E-state index is 12.4. The smallest absolute Gasteiger partial charge is 0.243 e. The first-order valence-corrected chi connectivity index (χ1v) is 7.03. The van der Waals surface area contributed by atoms with E-state index in [9.17, 15) is 8.42 Å². The van der Waals surface area contributed by atoms with Crippen molar-refractivity contribution in [2.24, 2.45) is 0 Å². The fourth-order valence-corrected chi connectivity index (χ4v) is 3.36. The van der Waals surface area contributed by atoms with Gasteiger partial charge in [0.25, 0.3) is 0 Å². The number of rotatable bonds is 2. The molecule has 6 nitrogen and oxygen atoms in total. The van der Waals surface area contributed by atoms with E-state index >= 15 is 0 Å². The Morgan fingerprint density at radius 2 is 2.00 bits per heavy atom. The highest BCUT2D eigenvalue weighted by Crippen LogP contribution is 2.21. The number of benzene rings is 1. The molecule has 0 radical (unpaired) electrons. The Labute approximate surface area is 104 Å². The summed E-state index contributed by atoms with van der Waals surface area (Å²) in [7, 11) is -3.47. The maximum absolute atomic E-state index is 12.4. The third-order valence-electron chi connectivity index (χ3n) is 2.91. The normalized spacial score (nSPS) is 18.2. The molecule has 0 saturated carbocycles. The summed E-state index contributed by atoms with van der Waals surface area (Å²) in [5.74, 6) is 0. The van der Waals surface area contributed by atoms with Gasteiger partial charge in [0.1, 0.15) is 5.52 Å². The zero-order valence-electron chi connectivity index (χ0n) is 9.57. The van der Waals surface area contributed by atoms with Crippen molar-refractivity contribution in [1.29, 1.82) is 0 Å². The van der Waals surface area contributed by atoms with Gasteiger partial charge < -0.3 is 9.15 Å². The van der Waals surface area contributed by atoms with Gasteiger partial charge in [-0.25, -0.2) is 13.4 Å². The Morgan fingerprint density at radius 3 is 2.78 bits per heavy atom. The Kier molecular flexibility index (Phi) is 2.81. The third-order valence-corrected chi connectivity index (χ3v) is 4.81. The van der Waals surface area contributed by atoms with Crippen LogP contribution in [0.25, 0.3) is 11.1 Å². The topological polar surface area (TPSA) is 72.6 Å². The monoisotopic (exact) mass is 268 g/mol. The molecule has 0 aliphatic carbocycles. The maximum Gasteiger partial charge on any atom is 0.243 e. The van der Waals surface area contributed by atoms with Crippen LogP contribution in [0.15, 0.2) is 33.9 Å². The van der Waals surface area contributed by atoms with Gasteiger partial charge >= 0.3 is 0 Å². The van der Waals surface area contributed by atoms with Crippen molar-refractivity contribution < 1.29 is 17.6 Å². The fraction of sp³-hybridized carbons (Fsp3) is 0.364. The molecule has 0 spiro atoms. The van der Waals surface area contributed by atoms with Crippen molar-refractivity contribution in [2.45, 2.75) is 4.90 Å². The number of morpholine rings is 1. The molecule has 18 heavy (non-hydrogen) atoms. The van der Waals surface area contributed by atoms with Gasteiger partial charge in [0.05, 0.1) is 18.1 Å². The minimum Gasteiger partial charge on any atom is -0.443 e. The van der Waals surface area contributed by atoms with Crippen LogP contribution in [0.4, 0.5) is 0 Å². The molecule has 2 aromatic rings. The number of aromatic nitrogens is 1. The second-order valence-corrected chi connectivity index (χ2v) is 5.94. The minimum atomic E-state index is -3.47. The quantitative estimate of drug-likeness (QED) is 0.807. The lowest BCUT2D eigenvalue weighted by Gasteiger charge is -2.25. The van der Waals surface area contributed by atoms with Crippen LogP contribution >= 0.6 is 0 Å². The summed E-state index contributed by atoms with van der Waals surface area (Å²) in [6.07, 6.45) is 1.30. The molecule has 1 aromatic carbocycles. The van der Waals surface area contributed by atoms with Crippen molar-refractivity contribution in [3.63, 3.8) is 0 Å². The molecule has 0 unspecified atom stereocenters. The third kappa shape index (κ3) is 1.90. The van der Waals surface area contributed by atoms with E-state index in [1.54, 1.807) is 12.1 Å². The standard InChI is InChI=1S/C11H12N2O4S/c14-18(15,13-3-5-16-6-4-13)9-1-2-10-11(7-9)17-8-12-10/h1-2,7-8H,3-6H2. The van der Waals surface area contributed by atoms with E-state index in [1.807, 2.05) is 0 Å². The lowest BCUT2D eigenvalue weighted by molar-refractivity contribution is 0.0730. The highest BCUT2D eigenvalue weighted by molar-refractivity contribution is 7.89. The number of ether oxygens (including phenoxy) is 1. The van der Waals surface area contributed by atoms with E-state index in [0.717, 1.165) is 0 Å². The molecule has 1 aliphatic rings. The first-order chi connectivity index (χ1) is 8.68. The molecule has 1 aromatic heterocycles. The molecule has 2 heterocycles. The number of nitrogens with zero attached hydrogens (tertiary/aromatic N) is 2. The Morgan fingerprint density at radius 1 is 1.22 bits per heavy atom. The number of fused-ring (bicyclic) bond motifs is 1. The number of hydrogen-bond donors (Lipinski definition) is 0. The molecular formula is C11H12N2O4S. The molecule has 0 atom stereocenters. The average Bonchev–Trinajstić information content (AvgIpc) is 2.87. The Hall–Kier alpha value is -1.44. The van der Waals surface area contributed by atoms with E-state index in [0.29, 0.717) is 37.4 Å². The number of sulfonamides is 1. The van der Waals surface area contributed by atoms with Crippen LogP contribution in [0.5, 0.6) is 0 Å². The van der Waals surface area contributed by atoms with Gasteiger partial charge in [-0.2, -0.15) is 4.31 Å². The molecule has 7 heteroatoms. The van der Waals surface area contributed by atoms with Gasteiger partial charge in [-0.3, -0.25) is 0 Å². The molecule has 1 aliphatic heterocycles. The van der Waals surface area contributed by atoms with E-state index in [1.165, 1.54) is 16.8 Å². The summed E-state index contributed by atoms with van der Waals surface area (Å²) in [6, 6.07) is 4.70. The first-order valence-electron chi connectivity index (χ1n) is 5.59. The number of oxazole rings is 1. The summed E-state index contributed by atoms with van der Waals surface area (Å²) < 4.78 is 36.4. The predicted molar refractivity (Wildman–Crippen MR) is 63.6 cm³/mol. The van der Waals surface area contributed by atoms with Crippen molar-refractivity contribution in [3.05, 3.63) is 24.6 Å². The van der Waals surface area contributed by atoms with Gasteiger partial charge in [0.15, 0.2) is 12.0 Å². The first kappa shape index (κ1) is 11.6. The van der Waals surface area contributed by atoms with Crippen LogP contribution in [0.3, 0.4) is 0 Å². The summed E-state index contributed by atoms with van der Waals surface area (Å²) in [5, 5.41) is 0. The fourth-order valence-electron chi connectivity index (χ4n) is 1.93. The molecular weight excluding hydrogens is 256 g/mol. The Balaban J connectivity index is 2.01. The largest absolute Gasteiger partial charge is 0.443 e. The SMILES string of the molecule is O=S(=O)(c1ccc2ncoc2c1)N1CCOCC1. The molecule has 3 rings (SSSR count). The van der Waals surface area contributed by atoms with Crippen LogP contribution in [0.2, 0.25) is 0 Å². The van der Waals surface area contributed by atoms with Crippen LogP contribution < -0.4 is 0 Å². The predicted octanol–water partition coefficient (Wildman–Crippen LogP) is 0.849. The molecule has 0 bridgehead atoms. The lowest BCUT2D eigenvalue weighted by atomic mass is 10.3. The van der Waals surface area contributed by atoms with Crippen LogP contribution in [-0.2, 0) is 14.8 Å². The van der Waals surface area contributed by atoms with E-state index in [4.69, 9.17) is 9.15 Å². The highest BCUT2D eigenvalue weighted by Gasteiger charge is 2.26. The van der Waals surface area contributed by atoms with Gasteiger partial charge in [0, 0.05) is 19.2 Å². The summed E-state index contributed by atoms with van der Waals surface area (Å²) in [6.45, 7) is 1.64. The second-order valence-electron chi connectivity index (χ2n) is 4.00. The summed E-state index contributed by atoms with van der Waals surface area (Å²) in [4.78, 5) is 4.19. The molecule has 0 amide bonds. The van der Waals surface area contributed by atoms with Crippen LogP contribution in [-0.4, -0.2) is 44.0 Å². The van der Waals surface area contributed by atoms with Crippen molar-refractivity contribution in [2.75, 3.05) is 26.3 Å². The van der Waals surface area contributed by atoms with E-state index < -0.39 is 10.0 Å². The van der Waals surface area contributed by atoms with Gasteiger partial charge in [-0.15, -0.1) is 0 Å². The summed E-state index contributed by atoms with van der Waals surface area (Å²) in [5.41, 5.74) is 1.13. The van der Waals surface area contributed by atoms with E-state index in [2.05, 4.69) is 4.98 Å². The lowest BCUT2D eigenvalue weighted by Crippen LogP contribution is -2.40. The van der Waals surface area contributed by atoms with Crippen LogP contribution in [0, 0.1) is 0 Å². The molecule has 1 fully saturated rings. The average molecular weight is 268 g/mol. The second kappa shape index (κ2) is 4.34. The van der Waals surface area contributed by atoms with Crippen molar-refractivity contribution in [1.82, 2.24) is 9.29 Å². The van der Waals surface area contributed by atoms with E-state index in [-0.39, 0.29) is 4.90 Å². The van der Waals surface area contributed by atoms with Crippen LogP contribution in [0.1, 0.15) is 0 Å². The Bertz CT molecular complexity index is 658. The minimum absolute atomic E-state index is 0.230. The van der Waals surface area contributed by atoms with Crippen molar-refractivity contribution >= 4 is 21.1 Å². The zero-order chi connectivity index (χ0) is 12.6. The highest BCUT2D eigenvalue weighted by atomic mass is 32.2.